The van der Waals surface area contributed by atoms with Crippen LogP contribution in [-0.4, -0.2) is 23.5 Å². The first kappa shape index (κ1) is 14.9. The zero-order valence-corrected chi connectivity index (χ0v) is 12.0. The summed E-state index contributed by atoms with van der Waals surface area (Å²) < 4.78 is 0. The van der Waals surface area contributed by atoms with E-state index in [2.05, 4.69) is 12.2 Å². The van der Waals surface area contributed by atoms with E-state index in [1.807, 2.05) is 11.8 Å². The van der Waals surface area contributed by atoms with E-state index >= 15 is 0 Å². The maximum atomic E-state index is 11.5. The Morgan fingerprint density at radius 2 is 1.76 bits per heavy atom. The maximum absolute atomic E-state index is 11.5. The second kappa shape index (κ2) is 9.81. The van der Waals surface area contributed by atoms with E-state index in [1.165, 1.54) is 51.4 Å². The van der Waals surface area contributed by atoms with Crippen molar-refractivity contribution >= 4 is 17.7 Å². The van der Waals surface area contributed by atoms with Gasteiger partial charge in [0, 0.05) is 12.3 Å². The monoisotopic (exact) mass is 257 g/mol. The lowest BCUT2D eigenvalue weighted by atomic mass is 10.1. The van der Waals surface area contributed by atoms with Crippen LogP contribution >= 0.6 is 11.8 Å². The van der Waals surface area contributed by atoms with Gasteiger partial charge in [0.15, 0.2) is 0 Å². The normalized spacial score (nSPS) is 20.3. The number of unbranched alkanes of at least 4 members (excludes halogenated alkanes) is 7. The van der Waals surface area contributed by atoms with Crippen LogP contribution in [-0.2, 0) is 4.79 Å². The lowest BCUT2D eigenvalue weighted by molar-refractivity contribution is -0.120. The highest BCUT2D eigenvalue weighted by Crippen LogP contribution is 2.21. The van der Waals surface area contributed by atoms with Crippen LogP contribution in [0.1, 0.15) is 64.7 Å². The predicted octanol–water partition coefficient (Wildman–Crippen LogP) is 3.75. The Kier molecular flexibility index (Phi) is 8.59. The molecular weight excluding hydrogens is 230 g/mol. The number of amides is 1. The third-order valence-electron chi connectivity index (χ3n) is 3.33. The molecule has 1 atom stereocenters. The summed E-state index contributed by atoms with van der Waals surface area (Å²) in [6, 6.07) is 0. The van der Waals surface area contributed by atoms with Crippen LogP contribution in [0.5, 0.6) is 0 Å². The van der Waals surface area contributed by atoms with E-state index in [9.17, 15) is 4.79 Å². The molecule has 0 bridgehead atoms. The summed E-state index contributed by atoms with van der Waals surface area (Å²) in [5.74, 6) is 1.36. The SMILES string of the molecule is CCCCCCCCCCC1SCCNC1=O. The molecule has 0 aromatic rings. The Bertz CT molecular complexity index is 208. The molecule has 1 aliphatic heterocycles. The molecule has 1 saturated heterocycles. The first-order chi connectivity index (χ1) is 8.34. The van der Waals surface area contributed by atoms with E-state index in [4.69, 9.17) is 0 Å². The maximum Gasteiger partial charge on any atom is 0.233 e. The van der Waals surface area contributed by atoms with Gasteiger partial charge in [-0.05, 0) is 6.42 Å². The molecule has 0 aliphatic carbocycles. The highest BCUT2D eigenvalue weighted by Gasteiger charge is 2.21. The van der Waals surface area contributed by atoms with Crippen LogP contribution in [0.15, 0.2) is 0 Å². The minimum absolute atomic E-state index is 0.240. The fourth-order valence-electron chi connectivity index (χ4n) is 2.24. The number of rotatable bonds is 9. The highest BCUT2D eigenvalue weighted by atomic mass is 32.2. The number of thioether (sulfide) groups is 1. The van der Waals surface area contributed by atoms with E-state index in [-0.39, 0.29) is 11.2 Å². The van der Waals surface area contributed by atoms with Gasteiger partial charge in [-0.3, -0.25) is 4.79 Å². The lowest BCUT2D eigenvalue weighted by Gasteiger charge is -2.21. The van der Waals surface area contributed by atoms with Crippen molar-refractivity contribution in [1.29, 1.82) is 0 Å². The predicted molar refractivity (Wildman–Crippen MR) is 76.5 cm³/mol. The van der Waals surface area contributed by atoms with Gasteiger partial charge in [-0.1, -0.05) is 58.3 Å². The van der Waals surface area contributed by atoms with Crippen molar-refractivity contribution in [2.24, 2.45) is 0 Å². The summed E-state index contributed by atoms with van der Waals surface area (Å²) in [7, 11) is 0. The molecule has 1 rings (SSSR count). The van der Waals surface area contributed by atoms with E-state index in [0.717, 1.165) is 18.7 Å². The quantitative estimate of drug-likeness (QED) is 0.637. The van der Waals surface area contributed by atoms with Gasteiger partial charge in [-0.15, -0.1) is 11.8 Å². The number of hydrogen-bond donors (Lipinski definition) is 1. The van der Waals surface area contributed by atoms with Crippen molar-refractivity contribution in [3.63, 3.8) is 0 Å². The van der Waals surface area contributed by atoms with Crippen molar-refractivity contribution in [2.75, 3.05) is 12.3 Å². The minimum atomic E-state index is 0.240. The first-order valence-corrected chi connectivity index (χ1v) is 8.28. The molecule has 0 aromatic carbocycles. The fraction of sp³-hybridized carbons (Fsp3) is 0.929. The molecule has 2 nitrogen and oxygen atoms in total. The molecule has 1 amide bonds. The largest absolute Gasteiger partial charge is 0.354 e. The average molecular weight is 257 g/mol. The van der Waals surface area contributed by atoms with Crippen LogP contribution in [0.3, 0.4) is 0 Å². The Balaban J connectivity index is 1.88. The molecule has 17 heavy (non-hydrogen) atoms. The Labute approximate surface area is 110 Å². The third-order valence-corrected chi connectivity index (χ3v) is 4.62. The van der Waals surface area contributed by atoms with Crippen LogP contribution in [0.25, 0.3) is 0 Å². The van der Waals surface area contributed by atoms with E-state index in [1.54, 1.807) is 0 Å². The summed E-state index contributed by atoms with van der Waals surface area (Å²) in [4.78, 5) is 11.5. The van der Waals surface area contributed by atoms with Gasteiger partial charge in [0.2, 0.25) is 5.91 Å². The fourth-order valence-corrected chi connectivity index (χ4v) is 3.32. The summed E-state index contributed by atoms with van der Waals surface area (Å²) in [6.07, 6.45) is 11.8. The van der Waals surface area contributed by atoms with Gasteiger partial charge in [-0.2, -0.15) is 0 Å². The van der Waals surface area contributed by atoms with Crippen LogP contribution in [0.4, 0.5) is 0 Å². The van der Waals surface area contributed by atoms with Crippen LogP contribution in [0.2, 0.25) is 0 Å². The molecule has 1 heterocycles. The summed E-state index contributed by atoms with van der Waals surface area (Å²) in [6.45, 7) is 3.12. The molecule has 1 N–H and O–H groups in total. The zero-order chi connectivity index (χ0) is 12.3. The van der Waals surface area contributed by atoms with Crippen molar-refractivity contribution in [3.05, 3.63) is 0 Å². The average Bonchev–Trinajstić information content (AvgIpc) is 2.35. The van der Waals surface area contributed by atoms with Crippen molar-refractivity contribution < 1.29 is 4.79 Å². The van der Waals surface area contributed by atoms with Gasteiger partial charge in [0.05, 0.1) is 5.25 Å². The standard InChI is InChI=1S/C14H27NOS/c1-2-3-4-5-6-7-8-9-10-13-14(16)15-11-12-17-13/h13H,2-12H2,1H3,(H,15,16). The molecule has 0 saturated carbocycles. The number of carbonyl (C=O) groups is 1. The molecule has 3 heteroatoms. The number of carbonyl (C=O) groups excluding carboxylic acids is 1. The van der Waals surface area contributed by atoms with Gasteiger partial charge < -0.3 is 5.32 Å². The lowest BCUT2D eigenvalue weighted by Crippen LogP contribution is -2.39. The second-order valence-corrected chi connectivity index (χ2v) is 6.22. The molecule has 100 valence electrons. The topological polar surface area (TPSA) is 29.1 Å². The van der Waals surface area contributed by atoms with Crippen LogP contribution < -0.4 is 5.32 Å². The van der Waals surface area contributed by atoms with Gasteiger partial charge in [0.25, 0.3) is 0 Å². The highest BCUT2D eigenvalue weighted by molar-refractivity contribution is 8.00. The second-order valence-electron chi connectivity index (χ2n) is 4.91. The Hall–Kier alpha value is -0.180. The van der Waals surface area contributed by atoms with Crippen molar-refractivity contribution in [2.45, 2.75) is 70.0 Å². The van der Waals surface area contributed by atoms with E-state index in [0.29, 0.717) is 0 Å². The smallest absolute Gasteiger partial charge is 0.233 e. The Morgan fingerprint density at radius 3 is 2.41 bits per heavy atom. The first-order valence-electron chi connectivity index (χ1n) is 7.24. The molecule has 0 aromatic heterocycles. The summed E-state index contributed by atoms with van der Waals surface area (Å²) in [5, 5.41) is 3.19. The third kappa shape index (κ3) is 6.97. The summed E-state index contributed by atoms with van der Waals surface area (Å²) >= 11 is 1.83. The minimum Gasteiger partial charge on any atom is -0.354 e. The molecule has 1 fully saturated rings. The molecule has 0 radical (unpaired) electrons. The van der Waals surface area contributed by atoms with Crippen molar-refractivity contribution in [1.82, 2.24) is 5.32 Å². The molecular formula is C14H27NOS. The number of hydrogen-bond acceptors (Lipinski definition) is 2. The molecule has 1 aliphatic rings. The molecule has 1 unspecified atom stereocenters. The molecule has 0 spiro atoms. The Morgan fingerprint density at radius 1 is 1.12 bits per heavy atom. The van der Waals surface area contributed by atoms with E-state index < -0.39 is 0 Å². The van der Waals surface area contributed by atoms with Gasteiger partial charge in [-0.25, -0.2) is 0 Å². The van der Waals surface area contributed by atoms with Crippen molar-refractivity contribution in [3.8, 4) is 0 Å². The van der Waals surface area contributed by atoms with Crippen LogP contribution in [0, 0.1) is 0 Å². The zero-order valence-electron chi connectivity index (χ0n) is 11.2. The van der Waals surface area contributed by atoms with Gasteiger partial charge >= 0.3 is 0 Å². The van der Waals surface area contributed by atoms with Gasteiger partial charge in [0.1, 0.15) is 0 Å². The number of nitrogens with one attached hydrogen (secondary N) is 1. The summed E-state index contributed by atoms with van der Waals surface area (Å²) in [5.41, 5.74) is 0.